The van der Waals surface area contributed by atoms with Gasteiger partial charge in [0.2, 0.25) is 5.95 Å². The molecule has 0 fully saturated rings. The molecule has 0 saturated heterocycles. The van der Waals surface area contributed by atoms with Gasteiger partial charge in [-0.05, 0) is 24.6 Å². The monoisotopic (exact) mass is 291 g/mol. The topological polar surface area (TPSA) is 67.1 Å². The van der Waals surface area contributed by atoms with Crippen molar-refractivity contribution in [3.05, 3.63) is 40.9 Å². The number of nitrogens with two attached hydrogens (primary N) is 1. The Morgan fingerprint density at radius 2 is 2.10 bits per heavy atom. The quantitative estimate of drug-likeness (QED) is 0.887. The van der Waals surface area contributed by atoms with Gasteiger partial charge in [0, 0.05) is 31.2 Å². The van der Waals surface area contributed by atoms with E-state index < -0.39 is 0 Å². The molecule has 3 N–H and O–H groups in total. The van der Waals surface area contributed by atoms with Gasteiger partial charge < -0.3 is 16.0 Å². The number of benzene rings is 1. The third kappa shape index (κ3) is 3.74. The average Bonchev–Trinajstić information content (AvgIpc) is 2.38. The smallest absolute Gasteiger partial charge is 0.223 e. The highest BCUT2D eigenvalue weighted by molar-refractivity contribution is 6.30. The number of hydrogen-bond acceptors (Lipinski definition) is 5. The van der Waals surface area contributed by atoms with E-state index in [9.17, 15) is 0 Å². The SMILES string of the molecule is CCNc1cc(N(C)Cc2cccc(Cl)c2)nc(N)n1. The van der Waals surface area contributed by atoms with Crippen molar-refractivity contribution in [2.45, 2.75) is 13.5 Å². The average molecular weight is 292 g/mol. The number of hydrogen-bond donors (Lipinski definition) is 2. The maximum absolute atomic E-state index is 5.99. The second kappa shape index (κ2) is 6.43. The zero-order valence-corrected chi connectivity index (χ0v) is 12.4. The summed E-state index contributed by atoms with van der Waals surface area (Å²) >= 11 is 5.99. The molecule has 0 atom stereocenters. The Morgan fingerprint density at radius 3 is 2.80 bits per heavy atom. The highest BCUT2D eigenvalue weighted by Gasteiger charge is 2.07. The van der Waals surface area contributed by atoms with Gasteiger partial charge in [0.1, 0.15) is 11.6 Å². The Labute approximate surface area is 123 Å². The minimum Gasteiger partial charge on any atom is -0.370 e. The molecule has 0 unspecified atom stereocenters. The molecule has 5 nitrogen and oxygen atoms in total. The number of nitrogens with zero attached hydrogens (tertiary/aromatic N) is 3. The van der Waals surface area contributed by atoms with E-state index in [0.29, 0.717) is 6.54 Å². The van der Waals surface area contributed by atoms with Crippen LogP contribution in [0.15, 0.2) is 30.3 Å². The van der Waals surface area contributed by atoms with Gasteiger partial charge >= 0.3 is 0 Å². The molecule has 20 heavy (non-hydrogen) atoms. The summed E-state index contributed by atoms with van der Waals surface area (Å²) in [5, 5.41) is 3.87. The fourth-order valence-corrected chi connectivity index (χ4v) is 2.12. The zero-order chi connectivity index (χ0) is 14.5. The molecule has 6 heteroatoms. The molecule has 2 aromatic rings. The third-order valence-corrected chi connectivity index (χ3v) is 3.02. The number of halogens is 1. The van der Waals surface area contributed by atoms with Crippen molar-refractivity contribution in [3.63, 3.8) is 0 Å². The minimum atomic E-state index is 0.261. The lowest BCUT2D eigenvalue weighted by Gasteiger charge is -2.19. The number of aromatic nitrogens is 2. The summed E-state index contributed by atoms with van der Waals surface area (Å²) in [7, 11) is 1.96. The van der Waals surface area contributed by atoms with Gasteiger partial charge in [-0.2, -0.15) is 9.97 Å². The lowest BCUT2D eigenvalue weighted by molar-refractivity contribution is 0.893. The Bertz CT molecular complexity index is 588. The van der Waals surface area contributed by atoms with Crippen LogP contribution >= 0.6 is 11.6 Å². The normalized spacial score (nSPS) is 10.3. The van der Waals surface area contributed by atoms with Gasteiger partial charge in [-0.25, -0.2) is 0 Å². The fraction of sp³-hybridized carbons (Fsp3) is 0.286. The molecular formula is C14H18ClN5. The Morgan fingerprint density at radius 1 is 1.30 bits per heavy atom. The zero-order valence-electron chi connectivity index (χ0n) is 11.6. The van der Waals surface area contributed by atoms with Crippen LogP contribution in [0.5, 0.6) is 0 Å². The highest BCUT2D eigenvalue weighted by Crippen LogP contribution is 2.19. The lowest BCUT2D eigenvalue weighted by Crippen LogP contribution is -2.19. The summed E-state index contributed by atoms with van der Waals surface area (Å²) < 4.78 is 0. The van der Waals surface area contributed by atoms with Gasteiger partial charge in [0.25, 0.3) is 0 Å². The lowest BCUT2D eigenvalue weighted by atomic mass is 10.2. The molecule has 0 spiro atoms. The first-order valence-electron chi connectivity index (χ1n) is 6.42. The van der Waals surface area contributed by atoms with E-state index in [4.69, 9.17) is 17.3 Å². The fourth-order valence-electron chi connectivity index (χ4n) is 1.91. The van der Waals surface area contributed by atoms with Gasteiger partial charge in [-0.1, -0.05) is 23.7 Å². The highest BCUT2D eigenvalue weighted by atomic mass is 35.5. The summed E-state index contributed by atoms with van der Waals surface area (Å²) in [6, 6.07) is 9.64. The molecule has 0 aliphatic rings. The van der Waals surface area contributed by atoms with Crippen molar-refractivity contribution in [1.29, 1.82) is 0 Å². The van der Waals surface area contributed by atoms with E-state index in [1.54, 1.807) is 0 Å². The molecule has 0 bridgehead atoms. The van der Waals surface area contributed by atoms with Crippen molar-refractivity contribution >= 4 is 29.2 Å². The molecule has 1 aromatic carbocycles. The van der Waals surface area contributed by atoms with Gasteiger partial charge in [0.15, 0.2) is 0 Å². The van der Waals surface area contributed by atoms with Crippen LogP contribution in [0.4, 0.5) is 17.6 Å². The molecule has 0 radical (unpaired) electrons. The number of nitrogens with one attached hydrogen (secondary N) is 1. The van der Waals surface area contributed by atoms with Crippen LogP contribution in [0.25, 0.3) is 0 Å². The number of rotatable bonds is 5. The maximum atomic E-state index is 5.99. The molecule has 0 saturated carbocycles. The molecule has 2 rings (SSSR count). The van der Waals surface area contributed by atoms with E-state index in [2.05, 4.69) is 15.3 Å². The Balaban J connectivity index is 2.18. The second-order valence-corrected chi connectivity index (χ2v) is 4.92. The molecule has 0 amide bonds. The maximum Gasteiger partial charge on any atom is 0.223 e. The molecule has 1 aromatic heterocycles. The van der Waals surface area contributed by atoms with E-state index in [1.807, 2.05) is 49.2 Å². The van der Waals surface area contributed by atoms with E-state index in [0.717, 1.165) is 28.8 Å². The first kappa shape index (κ1) is 14.4. The molecule has 0 aliphatic heterocycles. The molecule has 106 valence electrons. The number of anilines is 3. The largest absolute Gasteiger partial charge is 0.370 e. The van der Waals surface area contributed by atoms with Crippen LogP contribution < -0.4 is 16.0 Å². The van der Waals surface area contributed by atoms with Crippen LogP contribution in [0, 0.1) is 0 Å². The Kier molecular flexibility index (Phi) is 4.63. The van der Waals surface area contributed by atoms with Crippen molar-refractivity contribution in [2.75, 3.05) is 29.5 Å². The summed E-state index contributed by atoms with van der Waals surface area (Å²) in [6.45, 7) is 3.49. The molecular weight excluding hydrogens is 274 g/mol. The van der Waals surface area contributed by atoms with Crippen LogP contribution in [-0.4, -0.2) is 23.6 Å². The van der Waals surface area contributed by atoms with Crippen LogP contribution in [0.3, 0.4) is 0 Å². The van der Waals surface area contributed by atoms with E-state index >= 15 is 0 Å². The summed E-state index contributed by atoms with van der Waals surface area (Å²) in [6.07, 6.45) is 0. The molecule has 0 aliphatic carbocycles. The second-order valence-electron chi connectivity index (χ2n) is 4.49. The van der Waals surface area contributed by atoms with Crippen molar-refractivity contribution in [3.8, 4) is 0 Å². The van der Waals surface area contributed by atoms with Crippen LogP contribution in [0.1, 0.15) is 12.5 Å². The van der Waals surface area contributed by atoms with E-state index in [-0.39, 0.29) is 5.95 Å². The van der Waals surface area contributed by atoms with Gasteiger partial charge in [-0.15, -0.1) is 0 Å². The van der Waals surface area contributed by atoms with Gasteiger partial charge in [-0.3, -0.25) is 0 Å². The van der Waals surface area contributed by atoms with Crippen molar-refractivity contribution < 1.29 is 0 Å². The summed E-state index contributed by atoms with van der Waals surface area (Å²) in [4.78, 5) is 10.4. The van der Waals surface area contributed by atoms with Gasteiger partial charge in [0.05, 0.1) is 0 Å². The first-order chi connectivity index (χ1) is 9.58. The third-order valence-electron chi connectivity index (χ3n) is 2.79. The predicted molar refractivity (Wildman–Crippen MR) is 84.2 cm³/mol. The van der Waals surface area contributed by atoms with Crippen molar-refractivity contribution in [2.24, 2.45) is 0 Å². The standard InChI is InChI=1S/C14H18ClN5/c1-3-17-12-8-13(19-14(16)18-12)20(2)9-10-5-4-6-11(15)7-10/h4-8H,3,9H2,1-2H3,(H3,16,17,18,19). The van der Waals surface area contributed by atoms with Crippen molar-refractivity contribution in [1.82, 2.24) is 9.97 Å². The minimum absolute atomic E-state index is 0.261. The summed E-state index contributed by atoms with van der Waals surface area (Å²) in [5.74, 6) is 1.76. The van der Waals surface area contributed by atoms with Crippen LogP contribution in [0.2, 0.25) is 5.02 Å². The Hall–Kier alpha value is -2.01. The van der Waals surface area contributed by atoms with Crippen LogP contribution in [-0.2, 0) is 6.54 Å². The first-order valence-corrected chi connectivity index (χ1v) is 6.80. The summed E-state index contributed by atoms with van der Waals surface area (Å²) in [5.41, 5.74) is 6.85. The van der Waals surface area contributed by atoms with E-state index in [1.165, 1.54) is 0 Å². The number of nitrogen functional groups attached to an aromatic ring is 1. The predicted octanol–water partition coefficient (Wildman–Crippen LogP) is 2.78. The molecule has 1 heterocycles.